The number of fused-ring (bicyclic) bond motifs is 1. The van der Waals surface area contributed by atoms with Crippen LogP contribution in [0, 0.1) is 12.8 Å². The Morgan fingerprint density at radius 1 is 1.02 bits per heavy atom. The SMILES string of the molecule is Cc1cncc(CN2CC[C@@H](C(=O)N3CCC(O)(Cn4cnc5c(-c6ccccc6)scc5c4=O)CC3)[C@H](c3ccccc3)C2)n1. The molecule has 2 atom stereocenters. The number of carbonyl (C=O) groups is 1. The van der Waals surface area contributed by atoms with Crippen LogP contribution >= 0.6 is 11.3 Å². The zero-order valence-corrected chi connectivity index (χ0v) is 26.8. The van der Waals surface area contributed by atoms with Crippen molar-refractivity contribution in [1.29, 1.82) is 0 Å². The van der Waals surface area contributed by atoms with Gasteiger partial charge in [0.2, 0.25) is 5.91 Å². The number of aryl methyl sites for hydroxylation is 1. The van der Waals surface area contributed by atoms with E-state index in [2.05, 4.69) is 32.0 Å². The van der Waals surface area contributed by atoms with Crippen LogP contribution in [0.1, 0.15) is 42.1 Å². The van der Waals surface area contributed by atoms with E-state index in [1.807, 2.05) is 71.9 Å². The van der Waals surface area contributed by atoms with Crippen molar-refractivity contribution in [3.05, 3.63) is 112 Å². The van der Waals surface area contributed by atoms with Gasteiger partial charge >= 0.3 is 0 Å². The maximum atomic E-state index is 14.1. The van der Waals surface area contributed by atoms with E-state index < -0.39 is 5.60 Å². The highest BCUT2D eigenvalue weighted by Gasteiger charge is 2.41. The molecule has 5 heterocycles. The van der Waals surface area contributed by atoms with Crippen LogP contribution in [0.25, 0.3) is 21.3 Å². The van der Waals surface area contributed by atoms with Gasteiger partial charge < -0.3 is 10.0 Å². The largest absolute Gasteiger partial charge is 0.388 e. The summed E-state index contributed by atoms with van der Waals surface area (Å²) in [4.78, 5) is 46.4. The molecule has 2 fully saturated rings. The average Bonchev–Trinajstić information content (AvgIpc) is 3.52. The van der Waals surface area contributed by atoms with Crippen LogP contribution in [0.4, 0.5) is 0 Å². The van der Waals surface area contributed by atoms with Gasteiger partial charge in [0.15, 0.2) is 0 Å². The standard InChI is InChI=1S/C36H38N6O3S/c1-25-18-37-19-28(39-25)20-40-15-12-29(30(21-40)26-8-4-2-5-9-26)34(43)41-16-13-36(45,14-17-41)23-42-24-38-32-31(35(42)44)22-46-33(32)27-10-6-3-7-11-27/h2-11,18-19,22,24,29-30,45H,12-17,20-21,23H2,1H3/t29-,30+/m1/s1. The topological polar surface area (TPSA) is 104 Å². The minimum Gasteiger partial charge on any atom is -0.388 e. The summed E-state index contributed by atoms with van der Waals surface area (Å²) in [7, 11) is 0. The van der Waals surface area contributed by atoms with Crippen LogP contribution in [-0.2, 0) is 17.9 Å². The third-order valence-electron chi connectivity index (χ3n) is 9.52. The van der Waals surface area contributed by atoms with Gasteiger partial charge in [-0.25, -0.2) is 4.98 Å². The Balaban J connectivity index is 1.03. The number of hydrogen-bond acceptors (Lipinski definition) is 8. The molecule has 1 amide bonds. The van der Waals surface area contributed by atoms with Gasteiger partial charge in [-0.3, -0.25) is 29.0 Å². The summed E-state index contributed by atoms with van der Waals surface area (Å²) in [5.74, 6) is 0.0710. The molecule has 7 rings (SSSR count). The molecule has 1 N–H and O–H groups in total. The number of likely N-dealkylation sites (tertiary alicyclic amines) is 2. The fourth-order valence-electron chi connectivity index (χ4n) is 7.04. The van der Waals surface area contributed by atoms with E-state index in [1.54, 1.807) is 12.5 Å². The fraction of sp³-hybridized carbons (Fsp3) is 0.361. The van der Waals surface area contributed by atoms with Crippen LogP contribution in [-0.4, -0.2) is 72.1 Å². The summed E-state index contributed by atoms with van der Waals surface area (Å²) in [6.45, 7) is 5.29. The molecule has 2 aliphatic rings. The van der Waals surface area contributed by atoms with Gasteiger partial charge in [0.1, 0.15) is 0 Å². The Kier molecular flexibility index (Phi) is 8.50. The zero-order chi connectivity index (χ0) is 31.7. The lowest BCUT2D eigenvalue weighted by molar-refractivity contribution is -0.142. The lowest BCUT2D eigenvalue weighted by Gasteiger charge is -2.43. The lowest BCUT2D eigenvalue weighted by atomic mass is 9.79. The van der Waals surface area contributed by atoms with E-state index in [1.165, 1.54) is 21.5 Å². The Hall–Kier alpha value is -4.25. The Morgan fingerprint density at radius 3 is 2.50 bits per heavy atom. The van der Waals surface area contributed by atoms with E-state index in [9.17, 15) is 14.7 Å². The molecule has 3 aromatic heterocycles. The van der Waals surface area contributed by atoms with Crippen molar-refractivity contribution in [3.8, 4) is 10.4 Å². The minimum atomic E-state index is -1.09. The van der Waals surface area contributed by atoms with Crippen molar-refractivity contribution in [2.45, 2.75) is 50.8 Å². The smallest absolute Gasteiger partial charge is 0.262 e. The van der Waals surface area contributed by atoms with Crippen molar-refractivity contribution in [1.82, 2.24) is 29.3 Å². The third-order valence-corrected chi connectivity index (χ3v) is 10.5. The van der Waals surface area contributed by atoms with Crippen molar-refractivity contribution in [2.75, 3.05) is 26.2 Å². The zero-order valence-electron chi connectivity index (χ0n) is 26.0. The lowest BCUT2D eigenvalue weighted by Crippen LogP contribution is -2.53. The van der Waals surface area contributed by atoms with Crippen LogP contribution in [0.5, 0.6) is 0 Å². The molecule has 0 unspecified atom stereocenters. The van der Waals surface area contributed by atoms with Crippen LogP contribution in [0.2, 0.25) is 0 Å². The van der Waals surface area contributed by atoms with Gasteiger partial charge in [-0.15, -0.1) is 11.3 Å². The summed E-state index contributed by atoms with van der Waals surface area (Å²) >= 11 is 1.51. The first-order valence-electron chi connectivity index (χ1n) is 15.9. The number of rotatable bonds is 7. The number of carbonyl (C=O) groups excluding carboxylic acids is 1. The van der Waals surface area contributed by atoms with E-state index in [4.69, 9.17) is 0 Å². The van der Waals surface area contributed by atoms with Gasteiger partial charge in [-0.05, 0) is 43.9 Å². The number of benzene rings is 2. The van der Waals surface area contributed by atoms with Gasteiger partial charge in [0, 0.05) is 55.8 Å². The normalized spacial score (nSPS) is 20.2. The summed E-state index contributed by atoms with van der Waals surface area (Å²) < 4.78 is 1.53. The number of piperidine rings is 2. The number of hydrogen-bond donors (Lipinski definition) is 1. The van der Waals surface area contributed by atoms with Crippen LogP contribution in [0.15, 0.2) is 89.6 Å². The first-order valence-corrected chi connectivity index (χ1v) is 16.8. The molecule has 0 aliphatic carbocycles. The highest BCUT2D eigenvalue weighted by Crippen LogP contribution is 2.36. The molecule has 0 spiro atoms. The highest BCUT2D eigenvalue weighted by atomic mass is 32.1. The quantitative estimate of drug-likeness (QED) is 0.272. The molecule has 9 nitrogen and oxygen atoms in total. The van der Waals surface area contributed by atoms with Gasteiger partial charge in [0.05, 0.1) is 45.6 Å². The second kappa shape index (κ2) is 12.9. The molecule has 0 radical (unpaired) electrons. The molecule has 2 aliphatic heterocycles. The second-order valence-corrected chi connectivity index (χ2v) is 13.6. The molecule has 2 aromatic carbocycles. The van der Waals surface area contributed by atoms with Crippen LogP contribution < -0.4 is 5.56 Å². The predicted octanol–water partition coefficient (Wildman–Crippen LogP) is 4.88. The van der Waals surface area contributed by atoms with E-state index in [0.29, 0.717) is 43.4 Å². The predicted molar refractivity (Wildman–Crippen MR) is 179 cm³/mol. The number of thiophene rings is 1. The summed E-state index contributed by atoms with van der Waals surface area (Å²) in [6.07, 6.45) is 6.71. The second-order valence-electron chi connectivity index (χ2n) is 12.7. The van der Waals surface area contributed by atoms with Crippen molar-refractivity contribution in [3.63, 3.8) is 0 Å². The molecule has 46 heavy (non-hydrogen) atoms. The van der Waals surface area contributed by atoms with Gasteiger partial charge in [-0.1, -0.05) is 60.7 Å². The van der Waals surface area contributed by atoms with Crippen molar-refractivity contribution >= 4 is 28.1 Å². The Labute approximate surface area is 272 Å². The molecule has 10 heteroatoms. The summed E-state index contributed by atoms with van der Waals surface area (Å²) in [5.41, 5.74) is 3.49. The maximum Gasteiger partial charge on any atom is 0.262 e. The molecule has 236 valence electrons. The molecule has 2 saturated heterocycles. The maximum absolute atomic E-state index is 14.1. The minimum absolute atomic E-state index is 0.0591. The van der Waals surface area contributed by atoms with Gasteiger partial charge in [0.25, 0.3) is 5.56 Å². The molecular formula is C36H38N6O3S. The number of amides is 1. The Bertz CT molecular complexity index is 1880. The third kappa shape index (κ3) is 6.25. The summed E-state index contributed by atoms with van der Waals surface area (Å²) in [6, 6.07) is 20.3. The van der Waals surface area contributed by atoms with Gasteiger partial charge in [-0.2, -0.15) is 0 Å². The number of aromatic nitrogens is 4. The first kappa shape index (κ1) is 30.4. The van der Waals surface area contributed by atoms with Crippen molar-refractivity contribution < 1.29 is 9.90 Å². The van der Waals surface area contributed by atoms with Crippen molar-refractivity contribution in [2.24, 2.45) is 5.92 Å². The molecule has 0 saturated carbocycles. The fourth-order valence-corrected chi connectivity index (χ4v) is 8.04. The Morgan fingerprint density at radius 2 is 1.76 bits per heavy atom. The first-order chi connectivity index (χ1) is 22.4. The monoisotopic (exact) mass is 634 g/mol. The van der Waals surface area contributed by atoms with E-state index >= 15 is 0 Å². The highest BCUT2D eigenvalue weighted by molar-refractivity contribution is 7.15. The van der Waals surface area contributed by atoms with E-state index in [-0.39, 0.29) is 29.8 Å². The molecule has 5 aromatic rings. The number of aliphatic hydroxyl groups is 1. The summed E-state index contributed by atoms with van der Waals surface area (Å²) in [5, 5.41) is 14.0. The molecule has 0 bridgehead atoms. The average molecular weight is 635 g/mol. The molecular weight excluding hydrogens is 597 g/mol. The van der Waals surface area contributed by atoms with E-state index in [0.717, 1.165) is 41.3 Å². The number of nitrogens with zero attached hydrogens (tertiary/aromatic N) is 6. The van der Waals surface area contributed by atoms with Crippen LogP contribution in [0.3, 0.4) is 0 Å².